The zero-order valence-electron chi connectivity index (χ0n) is 26.4. The fourth-order valence-corrected chi connectivity index (χ4v) is 8.76. The lowest BCUT2D eigenvalue weighted by molar-refractivity contribution is -0.142. The minimum Gasteiger partial charge on any atom is -0.504 e. The van der Waals surface area contributed by atoms with Crippen LogP contribution in [-0.2, 0) is 29.4 Å². The Hall–Kier alpha value is -5.31. The zero-order chi connectivity index (χ0) is 33.7. The van der Waals surface area contributed by atoms with E-state index in [1.807, 2.05) is 42.5 Å². The Morgan fingerprint density at radius 3 is 2.31 bits per heavy atom. The topological polar surface area (TPSA) is 138 Å². The molecule has 0 radical (unpaired) electrons. The molecule has 48 heavy (non-hydrogen) atoms. The van der Waals surface area contributed by atoms with E-state index in [2.05, 4.69) is 0 Å². The average Bonchev–Trinajstić information content (AvgIpc) is 3.34. The summed E-state index contributed by atoms with van der Waals surface area (Å²) in [5, 5.41) is 21.1. The first-order valence-corrected chi connectivity index (χ1v) is 16.3. The van der Waals surface area contributed by atoms with Crippen LogP contribution in [0.5, 0.6) is 11.5 Å². The van der Waals surface area contributed by atoms with Gasteiger partial charge in [-0.15, -0.1) is 0 Å². The molecular formula is C39H35NO8. The molecule has 0 bridgehead atoms. The van der Waals surface area contributed by atoms with Gasteiger partial charge in [0.05, 0.1) is 30.3 Å². The van der Waals surface area contributed by atoms with Crippen molar-refractivity contribution in [2.24, 2.45) is 23.7 Å². The third-order valence-electron chi connectivity index (χ3n) is 10.7. The van der Waals surface area contributed by atoms with E-state index >= 15 is 4.79 Å². The third kappa shape index (κ3) is 4.63. The number of carboxylic acids is 1. The van der Waals surface area contributed by atoms with Crippen molar-refractivity contribution < 1.29 is 38.9 Å². The molecule has 3 aromatic rings. The average molecular weight is 646 g/mol. The summed E-state index contributed by atoms with van der Waals surface area (Å²) in [6, 6.07) is 23.2. The highest BCUT2D eigenvalue weighted by atomic mass is 16.5. The quantitative estimate of drug-likeness (QED) is 0.255. The van der Waals surface area contributed by atoms with E-state index in [-0.39, 0.29) is 61.1 Å². The van der Waals surface area contributed by atoms with Gasteiger partial charge in [0.1, 0.15) is 0 Å². The van der Waals surface area contributed by atoms with Crippen LogP contribution in [-0.4, -0.2) is 57.6 Å². The van der Waals surface area contributed by atoms with Crippen molar-refractivity contribution in [3.8, 4) is 11.5 Å². The predicted octanol–water partition coefficient (Wildman–Crippen LogP) is 5.09. The van der Waals surface area contributed by atoms with Crippen LogP contribution in [0.1, 0.15) is 48.8 Å². The van der Waals surface area contributed by atoms with Gasteiger partial charge < -0.3 is 14.9 Å². The van der Waals surface area contributed by atoms with Crippen LogP contribution in [0.15, 0.2) is 96.6 Å². The first kappa shape index (κ1) is 31.3. The van der Waals surface area contributed by atoms with Gasteiger partial charge in [-0.25, -0.2) is 0 Å². The van der Waals surface area contributed by atoms with Gasteiger partial charge in [0.15, 0.2) is 23.1 Å². The number of hydrogen-bond acceptors (Lipinski definition) is 7. The summed E-state index contributed by atoms with van der Waals surface area (Å²) in [6.07, 6.45) is 3.29. The zero-order valence-corrected chi connectivity index (χ0v) is 26.4. The number of aromatic hydroxyl groups is 1. The van der Waals surface area contributed by atoms with Gasteiger partial charge in [0, 0.05) is 29.5 Å². The summed E-state index contributed by atoms with van der Waals surface area (Å²) in [5.74, 6) is -6.49. The van der Waals surface area contributed by atoms with E-state index in [9.17, 15) is 29.4 Å². The van der Waals surface area contributed by atoms with Gasteiger partial charge in [0.2, 0.25) is 11.8 Å². The van der Waals surface area contributed by atoms with Crippen molar-refractivity contribution >= 4 is 34.9 Å². The van der Waals surface area contributed by atoms with E-state index in [4.69, 9.17) is 4.74 Å². The smallest absolute Gasteiger partial charge is 0.305 e. The number of ether oxygens (including phenoxy) is 1. The van der Waals surface area contributed by atoms with Crippen LogP contribution < -0.4 is 4.74 Å². The molecule has 1 saturated carbocycles. The van der Waals surface area contributed by atoms with E-state index in [1.165, 1.54) is 6.08 Å². The molecule has 1 saturated heterocycles. The first-order valence-electron chi connectivity index (χ1n) is 16.3. The number of carbonyl (C=O) groups excluding carboxylic acids is 4. The molecule has 3 aromatic carbocycles. The van der Waals surface area contributed by atoms with E-state index in [0.29, 0.717) is 22.3 Å². The Morgan fingerprint density at radius 1 is 0.917 bits per heavy atom. The number of phenolic OH excluding ortho intramolecular Hbond substituents is 1. The van der Waals surface area contributed by atoms with Crippen molar-refractivity contribution in [1.82, 2.24) is 4.90 Å². The maximum absolute atomic E-state index is 15.1. The fourth-order valence-electron chi connectivity index (χ4n) is 8.76. The second-order valence-corrected chi connectivity index (χ2v) is 12.9. The van der Waals surface area contributed by atoms with E-state index < -0.39 is 52.8 Å². The number of para-hydroxylation sites is 1. The Morgan fingerprint density at radius 2 is 1.62 bits per heavy atom. The summed E-state index contributed by atoms with van der Waals surface area (Å²) in [6.45, 7) is 1.84. The monoisotopic (exact) mass is 645 g/mol. The van der Waals surface area contributed by atoms with Gasteiger partial charge in [0.25, 0.3) is 0 Å². The van der Waals surface area contributed by atoms with Gasteiger partial charge >= 0.3 is 5.97 Å². The van der Waals surface area contributed by atoms with Gasteiger partial charge in [-0.2, -0.15) is 0 Å². The molecule has 2 amide bonds. The van der Waals surface area contributed by atoms with Crippen LogP contribution in [0.2, 0.25) is 0 Å². The van der Waals surface area contributed by atoms with Crippen molar-refractivity contribution in [1.29, 1.82) is 0 Å². The Labute approximate surface area is 277 Å². The molecule has 7 rings (SSSR count). The SMILES string of the molecule is CCOc1cccc([C@H]2C3=CC[C@@H]4C(=O)N(CCC(=O)O)C(=O)[C@@H]4[C@@H]3C[C@H]3C(=O)C(c4ccccc4)=CC(=O)[C@@]23c2ccccc2)c1O. The largest absolute Gasteiger partial charge is 0.504 e. The van der Waals surface area contributed by atoms with Crippen molar-refractivity contribution in [3.63, 3.8) is 0 Å². The number of Topliss-reactive ketones (excluding diaryl/α,β-unsaturated/α-hetero) is 1. The summed E-state index contributed by atoms with van der Waals surface area (Å²) >= 11 is 0. The maximum atomic E-state index is 15.1. The molecule has 9 heteroatoms. The standard InChI is InChI=1S/C39H35NO8/c1-2-48-30-15-9-14-26(36(30)45)34-24-16-17-25-33(38(47)40(37(25)46)19-18-32(42)43)28(24)20-29-35(44)27(22-10-5-3-6-11-22)21-31(41)39(29,34)23-12-7-4-8-13-23/h3-16,21,25,28-29,33-34,45H,2,17-20H2,1H3,(H,42,43)/t25-,28+,29-,33-,34+,39-/m0/s1. The number of aliphatic carboxylic acids is 1. The first-order chi connectivity index (χ1) is 23.2. The number of phenols is 1. The number of nitrogens with zero attached hydrogens (tertiary/aromatic N) is 1. The highest BCUT2D eigenvalue weighted by molar-refractivity contribution is 6.31. The molecule has 0 unspecified atom stereocenters. The normalized spacial score (nSPS) is 27.9. The fraction of sp³-hybridized carbons (Fsp3) is 0.308. The number of amides is 2. The van der Waals surface area contributed by atoms with E-state index in [0.717, 1.165) is 4.90 Å². The van der Waals surface area contributed by atoms with Crippen LogP contribution >= 0.6 is 0 Å². The second kappa shape index (κ2) is 12.0. The molecule has 244 valence electrons. The maximum Gasteiger partial charge on any atom is 0.305 e. The number of imide groups is 1. The van der Waals surface area contributed by atoms with Gasteiger partial charge in [-0.3, -0.25) is 28.9 Å². The molecule has 2 fully saturated rings. The minimum atomic E-state index is -1.48. The molecule has 1 aliphatic heterocycles. The molecule has 9 nitrogen and oxygen atoms in total. The number of rotatable bonds is 8. The summed E-state index contributed by atoms with van der Waals surface area (Å²) in [4.78, 5) is 70.0. The van der Waals surface area contributed by atoms with Crippen LogP contribution in [0, 0.1) is 23.7 Å². The molecule has 3 aliphatic carbocycles. The summed E-state index contributed by atoms with van der Waals surface area (Å²) in [7, 11) is 0. The van der Waals surface area contributed by atoms with Crippen molar-refractivity contribution in [2.45, 2.75) is 37.5 Å². The lowest BCUT2D eigenvalue weighted by Crippen LogP contribution is -2.58. The molecular weight excluding hydrogens is 610 g/mol. The highest BCUT2D eigenvalue weighted by Gasteiger charge is 2.66. The number of ketones is 2. The predicted molar refractivity (Wildman–Crippen MR) is 175 cm³/mol. The minimum absolute atomic E-state index is 0.116. The molecule has 6 atom stereocenters. The number of hydrogen-bond donors (Lipinski definition) is 2. The molecule has 1 heterocycles. The van der Waals surface area contributed by atoms with Crippen molar-refractivity contribution in [2.75, 3.05) is 13.2 Å². The van der Waals surface area contributed by atoms with Crippen LogP contribution in [0.25, 0.3) is 5.57 Å². The molecule has 0 aromatic heterocycles. The number of likely N-dealkylation sites (tertiary alicyclic amines) is 1. The molecule has 2 N–H and O–H groups in total. The summed E-state index contributed by atoms with van der Waals surface area (Å²) < 4.78 is 5.78. The van der Waals surface area contributed by atoms with Gasteiger partial charge in [-0.1, -0.05) is 84.4 Å². The number of allylic oxidation sites excluding steroid dienone is 4. The van der Waals surface area contributed by atoms with Crippen molar-refractivity contribution in [3.05, 3.63) is 113 Å². The third-order valence-corrected chi connectivity index (χ3v) is 10.7. The Balaban J connectivity index is 1.48. The number of fused-ring (bicyclic) bond motifs is 4. The Bertz CT molecular complexity index is 1900. The van der Waals surface area contributed by atoms with Gasteiger partial charge in [-0.05, 0) is 49.0 Å². The number of carboxylic acid groups (broad SMARTS) is 1. The molecule has 4 aliphatic rings. The van der Waals surface area contributed by atoms with Crippen LogP contribution in [0.3, 0.4) is 0 Å². The van der Waals surface area contributed by atoms with E-state index in [1.54, 1.807) is 49.4 Å². The Kier molecular flexibility index (Phi) is 7.86. The number of benzene rings is 3. The summed E-state index contributed by atoms with van der Waals surface area (Å²) in [5.41, 5.74) is 1.11. The lowest BCUT2D eigenvalue weighted by Gasteiger charge is -2.55. The number of carbonyl (C=O) groups is 5. The molecule has 0 spiro atoms. The highest BCUT2D eigenvalue weighted by Crippen LogP contribution is 2.64. The van der Waals surface area contributed by atoms with Crippen LogP contribution in [0.4, 0.5) is 0 Å². The lowest BCUT2D eigenvalue weighted by atomic mass is 9.44. The second-order valence-electron chi connectivity index (χ2n) is 12.9.